The van der Waals surface area contributed by atoms with Crippen molar-refractivity contribution in [1.82, 2.24) is 4.98 Å². The van der Waals surface area contributed by atoms with Crippen molar-refractivity contribution in [1.29, 1.82) is 0 Å². The number of hydrogen-bond donors (Lipinski definition) is 1. The number of nitrogens with zero attached hydrogens (tertiary/aromatic N) is 1. The van der Waals surface area contributed by atoms with Crippen LogP contribution in [0.4, 0.5) is 0 Å². The van der Waals surface area contributed by atoms with E-state index in [2.05, 4.69) is 18.0 Å². The van der Waals surface area contributed by atoms with E-state index in [4.69, 9.17) is 18.0 Å². The number of rotatable bonds is 1. The fraction of sp³-hybridized carbons (Fsp3) is 0.0909. The Kier molecular flexibility index (Phi) is 2.17. The van der Waals surface area contributed by atoms with Crippen molar-refractivity contribution in [3.63, 3.8) is 0 Å². The standard InChI is InChI=1S/C11H10N2S/c1-7-2-4-9-8(6-7)3-5-10(13-9)11(12)14/h2-6H,1H3,(H2,12,14). The maximum Gasteiger partial charge on any atom is 0.122 e. The van der Waals surface area contributed by atoms with Crippen molar-refractivity contribution in [2.24, 2.45) is 5.73 Å². The van der Waals surface area contributed by atoms with Crippen LogP contribution in [0.2, 0.25) is 0 Å². The number of thiocarbonyl (C=S) groups is 1. The van der Waals surface area contributed by atoms with E-state index in [-0.39, 0.29) is 0 Å². The van der Waals surface area contributed by atoms with Gasteiger partial charge in [-0.15, -0.1) is 0 Å². The normalized spacial score (nSPS) is 10.4. The summed E-state index contributed by atoms with van der Waals surface area (Å²) in [7, 11) is 0. The predicted octanol–water partition coefficient (Wildman–Crippen LogP) is 2.18. The molecule has 2 rings (SSSR count). The van der Waals surface area contributed by atoms with E-state index < -0.39 is 0 Å². The highest BCUT2D eigenvalue weighted by Gasteiger charge is 2.00. The zero-order chi connectivity index (χ0) is 10.1. The third-order valence-electron chi connectivity index (χ3n) is 2.10. The van der Waals surface area contributed by atoms with E-state index in [1.807, 2.05) is 24.3 Å². The van der Waals surface area contributed by atoms with Crippen LogP contribution in [-0.4, -0.2) is 9.97 Å². The summed E-state index contributed by atoms with van der Waals surface area (Å²) in [5.74, 6) is 0. The SMILES string of the molecule is Cc1ccc2nc(C(N)=S)ccc2c1. The topological polar surface area (TPSA) is 38.9 Å². The van der Waals surface area contributed by atoms with Crippen LogP contribution in [0.3, 0.4) is 0 Å². The molecule has 0 aliphatic rings. The molecule has 0 amide bonds. The number of benzene rings is 1. The van der Waals surface area contributed by atoms with Crippen LogP contribution in [-0.2, 0) is 0 Å². The Bertz CT molecular complexity index is 506. The molecule has 1 heterocycles. The molecule has 70 valence electrons. The van der Waals surface area contributed by atoms with E-state index >= 15 is 0 Å². The molecule has 2 aromatic rings. The molecule has 0 aliphatic heterocycles. The van der Waals surface area contributed by atoms with Gasteiger partial charge >= 0.3 is 0 Å². The molecule has 3 heteroatoms. The minimum Gasteiger partial charge on any atom is -0.388 e. The zero-order valence-corrected chi connectivity index (χ0v) is 8.64. The van der Waals surface area contributed by atoms with Gasteiger partial charge < -0.3 is 5.73 Å². The van der Waals surface area contributed by atoms with Crippen molar-refractivity contribution < 1.29 is 0 Å². The molecule has 0 bridgehead atoms. The number of nitrogens with two attached hydrogens (primary N) is 1. The summed E-state index contributed by atoms with van der Waals surface area (Å²) >= 11 is 4.87. The Labute approximate surface area is 87.8 Å². The first-order valence-electron chi connectivity index (χ1n) is 4.34. The van der Waals surface area contributed by atoms with Crippen LogP contribution >= 0.6 is 12.2 Å². The molecular weight excluding hydrogens is 192 g/mol. The molecule has 2 N–H and O–H groups in total. The fourth-order valence-electron chi connectivity index (χ4n) is 1.38. The largest absolute Gasteiger partial charge is 0.388 e. The van der Waals surface area contributed by atoms with Crippen LogP contribution in [0, 0.1) is 6.92 Å². The lowest BCUT2D eigenvalue weighted by Gasteiger charge is -2.01. The molecule has 2 nitrogen and oxygen atoms in total. The highest BCUT2D eigenvalue weighted by molar-refractivity contribution is 7.80. The average Bonchev–Trinajstić information content (AvgIpc) is 2.16. The lowest BCUT2D eigenvalue weighted by molar-refractivity contribution is 1.35. The molecule has 0 saturated heterocycles. The van der Waals surface area contributed by atoms with Crippen LogP contribution < -0.4 is 5.73 Å². The van der Waals surface area contributed by atoms with Gasteiger partial charge in [0, 0.05) is 5.39 Å². The molecule has 0 unspecified atom stereocenters. The second kappa shape index (κ2) is 3.35. The van der Waals surface area contributed by atoms with Gasteiger partial charge in [-0.1, -0.05) is 29.9 Å². The second-order valence-corrected chi connectivity index (χ2v) is 3.70. The summed E-state index contributed by atoms with van der Waals surface area (Å²) in [6.45, 7) is 2.06. The quantitative estimate of drug-likeness (QED) is 0.720. The molecule has 1 aromatic carbocycles. The first kappa shape index (κ1) is 9.09. The molecule has 0 radical (unpaired) electrons. The van der Waals surface area contributed by atoms with Crippen molar-refractivity contribution >= 4 is 28.1 Å². The minimum atomic E-state index is 0.340. The van der Waals surface area contributed by atoms with Crippen LogP contribution in [0.1, 0.15) is 11.3 Å². The number of aromatic nitrogens is 1. The molecule has 0 fully saturated rings. The van der Waals surface area contributed by atoms with Gasteiger partial charge in [0.1, 0.15) is 4.99 Å². The smallest absolute Gasteiger partial charge is 0.122 e. The van der Waals surface area contributed by atoms with Gasteiger partial charge in [0.2, 0.25) is 0 Å². The van der Waals surface area contributed by atoms with E-state index in [9.17, 15) is 0 Å². The predicted molar refractivity (Wildman–Crippen MR) is 62.4 cm³/mol. The van der Waals surface area contributed by atoms with Gasteiger partial charge in [-0.2, -0.15) is 0 Å². The van der Waals surface area contributed by atoms with Crippen LogP contribution in [0.5, 0.6) is 0 Å². The first-order valence-corrected chi connectivity index (χ1v) is 4.75. The number of pyridine rings is 1. The summed E-state index contributed by atoms with van der Waals surface area (Å²) in [5.41, 5.74) is 8.34. The fourth-order valence-corrected chi connectivity index (χ4v) is 1.50. The molecule has 0 saturated carbocycles. The summed E-state index contributed by atoms with van der Waals surface area (Å²) in [5, 5.41) is 1.12. The molecule has 0 spiro atoms. The van der Waals surface area contributed by atoms with Gasteiger partial charge in [-0.3, -0.25) is 0 Å². The van der Waals surface area contributed by atoms with Gasteiger partial charge in [0.05, 0.1) is 11.2 Å². The third-order valence-corrected chi connectivity index (χ3v) is 2.31. The second-order valence-electron chi connectivity index (χ2n) is 3.26. The summed E-state index contributed by atoms with van der Waals surface area (Å²) in [6.07, 6.45) is 0. The Morgan fingerprint density at radius 3 is 2.79 bits per heavy atom. The molecule has 0 atom stereocenters. The molecular formula is C11H10N2S. The summed E-state index contributed by atoms with van der Waals surface area (Å²) in [6, 6.07) is 9.94. The van der Waals surface area contributed by atoms with Gasteiger partial charge in [-0.25, -0.2) is 4.98 Å². The average molecular weight is 202 g/mol. The van der Waals surface area contributed by atoms with E-state index in [0.717, 1.165) is 10.9 Å². The Balaban J connectivity index is 2.67. The number of aryl methyl sites for hydroxylation is 1. The van der Waals surface area contributed by atoms with Crippen molar-refractivity contribution in [3.8, 4) is 0 Å². The van der Waals surface area contributed by atoms with Crippen LogP contribution in [0.25, 0.3) is 10.9 Å². The first-order chi connectivity index (χ1) is 6.66. The monoisotopic (exact) mass is 202 g/mol. The molecule has 0 aliphatic carbocycles. The Morgan fingerprint density at radius 2 is 2.07 bits per heavy atom. The van der Waals surface area contributed by atoms with Gasteiger partial charge in [0.25, 0.3) is 0 Å². The Morgan fingerprint density at radius 1 is 1.29 bits per heavy atom. The summed E-state index contributed by atoms with van der Waals surface area (Å²) in [4.78, 5) is 4.69. The van der Waals surface area contributed by atoms with E-state index in [1.54, 1.807) is 0 Å². The molecule has 14 heavy (non-hydrogen) atoms. The minimum absolute atomic E-state index is 0.340. The van der Waals surface area contributed by atoms with E-state index in [0.29, 0.717) is 10.7 Å². The Hall–Kier alpha value is -1.48. The highest BCUT2D eigenvalue weighted by atomic mass is 32.1. The van der Waals surface area contributed by atoms with Gasteiger partial charge in [0.15, 0.2) is 0 Å². The third kappa shape index (κ3) is 1.59. The maximum atomic E-state index is 5.50. The lowest BCUT2D eigenvalue weighted by atomic mass is 10.1. The lowest BCUT2D eigenvalue weighted by Crippen LogP contribution is -2.11. The van der Waals surface area contributed by atoms with Crippen molar-refractivity contribution in [2.45, 2.75) is 6.92 Å². The van der Waals surface area contributed by atoms with Crippen molar-refractivity contribution in [2.75, 3.05) is 0 Å². The number of fused-ring (bicyclic) bond motifs is 1. The zero-order valence-electron chi connectivity index (χ0n) is 7.82. The number of hydrogen-bond acceptors (Lipinski definition) is 2. The maximum absolute atomic E-state index is 5.50. The van der Waals surface area contributed by atoms with E-state index in [1.165, 1.54) is 5.56 Å². The molecule has 1 aromatic heterocycles. The highest BCUT2D eigenvalue weighted by Crippen LogP contribution is 2.14. The van der Waals surface area contributed by atoms with Crippen LogP contribution in [0.15, 0.2) is 30.3 Å². The summed E-state index contributed by atoms with van der Waals surface area (Å²) < 4.78 is 0. The van der Waals surface area contributed by atoms with Crippen molar-refractivity contribution in [3.05, 3.63) is 41.6 Å². The van der Waals surface area contributed by atoms with Gasteiger partial charge in [-0.05, 0) is 25.1 Å².